The highest BCUT2D eigenvalue weighted by Gasteiger charge is 2.19. The fraction of sp³-hybridized carbons (Fsp3) is 0.333. The van der Waals surface area contributed by atoms with Crippen molar-refractivity contribution in [1.29, 1.82) is 5.26 Å². The van der Waals surface area contributed by atoms with E-state index in [1.54, 1.807) is 6.07 Å². The van der Waals surface area contributed by atoms with E-state index >= 15 is 0 Å². The number of aliphatic hydroxyl groups is 2. The summed E-state index contributed by atoms with van der Waals surface area (Å²) in [6.45, 7) is 0. The lowest BCUT2D eigenvalue weighted by Gasteiger charge is -2.16. The van der Waals surface area contributed by atoms with Crippen LogP contribution in [-0.2, 0) is 11.2 Å². The second-order valence-electron chi connectivity index (χ2n) is 3.80. The number of carboxylic acids is 1. The fourth-order valence-electron chi connectivity index (χ4n) is 1.48. The summed E-state index contributed by atoms with van der Waals surface area (Å²) < 4.78 is 13.5. The third kappa shape index (κ3) is 3.52. The Morgan fingerprint density at radius 1 is 1.44 bits per heavy atom. The molecule has 0 fully saturated rings. The quantitative estimate of drug-likeness (QED) is 0.719. The lowest BCUT2D eigenvalue weighted by molar-refractivity contribution is -0.136. The third-order valence-corrected chi connectivity index (χ3v) is 2.43. The van der Waals surface area contributed by atoms with Gasteiger partial charge in [-0.25, -0.2) is 4.39 Å². The van der Waals surface area contributed by atoms with Crippen molar-refractivity contribution in [2.24, 2.45) is 0 Å². The van der Waals surface area contributed by atoms with Crippen molar-refractivity contribution in [1.82, 2.24) is 0 Å². The van der Waals surface area contributed by atoms with Gasteiger partial charge in [-0.2, -0.15) is 5.26 Å². The highest BCUT2D eigenvalue weighted by atomic mass is 19.1. The van der Waals surface area contributed by atoms with Gasteiger partial charge in [-0.15, -0.1) is 0 Å². The molecule has 0 saturated heterocycles. The van der Waals surface area contributed by atoms with E-state index in [1.165, 1.54) is 12.1 Å². The molecule has 5 nitrogen and oxygen atoms in total. The fourth-order valence-corrected chi connectivity index (χ4v) is 1.48. The molecule has 18 heavy (non-hydrogen) atoms. The second kappa shape index (κ2) is 6.10. The van der Waals surface area contributed by atoms with Gasteiger partial charge in [0.05, 0.1) is 25.0 Å². The van der Waals surface area contributed by atoms with Crippen LogP contribution in [0.1, 0.15) is 23.7 Å². The van der Waals surface area contributed by atoms with Gasteiger partial charge in [0.15, 0.2) is 0 Å². The zero-order valence-corrected chi connectivity index (χ0v) is 9.38. The molecule has 0 aliphatic carbocycles. The van der Waals surface area contributed by atoms with Crippen LogP contribution in [0.15, 0.2) is 18.2 Å². The van der Waals surface area contributed by atoms with Crippen LogP contribution >= 0.6 is 0 Å². The summed E-state index contributed by atoms with van der Waals surface area (Å²) in [5, 5.41) is 35.9. The first kappa shape index (κ1) is 14.1. The van der Waals surface area contributed by atoms with Gasteiger partial charge in [0.1, 0.15) is 11.9 Å². The standard InChI is InChI=1S/C12H12FNO4/c13-9-5-8(12(18)10(15)3-4-14)2-1-7(9)6-11(16)17/h1-2,5,10,12,15,18H,3,6H2,(H,16,17). The van der Waals surface area contributed by atoms with Gasteiger partial charge in [0, 0.05) is 0 Å². The van der Waals surface area contributed by atoms with E-state index in [0.29, 0.717) is 0 Å². The van der Waals surface area contributed by atoms with E-state index in [4.69, 9.17) is 10.4 Å². The van der Waals surface area contributed by atoms with Crippen molar-refractivity contribution in [2.45, 2.75) is 25.0 Å². The molecule has 0 bridgehead atoms. The van der Waals surface area contributed by atoms with Gasteiger partial charge >= 0.3 is 5.97 Å². The van der Waals surface area contributed by atoms with E-state index in [0.717, 1.165) is 6.07 Å². The molecule has 3 N–H and O–H groups in total. The Morgan fingerprint density at radius 2 is 2.11 bits per heavy atom. The topological polar surface area (TPSA) is 102 Å². The molecule has 6 heteroatoms. The Hall–Kier alpha value is -1.97. The van der Waals surface area contributed by atoms with Crippen molar-refractivity contribution in [2.75, 3.05) is 0 Å². The van der Waals surface area contributed by atoms with Gasteiger partial charge in [-0.1, -0.05) is 12.1 Å². The summed E-state index contributed by atoms with van der Waals surface area (Å²) in [5.74, 6) is -1.93. The Balaban J connectivity index is 2.90. The summed E-state index contributed by atoms with van der Waals surface area (Å²) in [6, 6.07) is 5.21. The van der Waals surface area contributed by atoms with Crippen LogP contribution in [0, 0.1) is 17.1 Å². The average Bonchev–Trinajstić information content (AvgIpc) is 2.30. The minimum absolute atomic E-state index is 0.00628. The normalized spacial score (nSPS) is 13.7. The van der Waals surface area contributed by atoms with Crippen LogP contribution in [0.5, 0.6) is 0 Å². The first-order valence-corrected chi connectivity index (χ1v) is 5.19. The molecule has 0 heterocycles. The molecule has 1 rings (SSSR count). The summed E-state index contributed by atoms with van der Waals surface area (Å²) in [4.78, 5) is 10.4. The van der Waals surface area contributed by atoms with Crippen LogP contribution in [0.2, 0.25) is 0 Å². The van der Waals surface area contributed by atoms with Crippen molar-refractivity contribution in [3.05, 3.63) is 35.1 Å². The molecule has 0 spiro atoms. The molecular weight excluding hydrogens is 241 g/mol. The van der Waals surface area contributed by atoms with Crippen molar-refractivity contribution >= 4 is 5.97 Å². The van der Waals surface area contributed by atoms with Gasteiger partial charge in [0.25, 0.3) is 0 Å². The van der Waals surface area contributed by atoms with Crippen LogP contribution in [0.25, 0.3) is 0 Å². The molecule has 1 aromatic carbocycles. The summed E-state index contributed by atoms with van der Waals surface area (Å²) >= 11 is 0. The second-order valence-corrected chi connectivity index (χ2v) is 3.80. The van der Waals surface area contributed by atoms with E-state index in [1.807, 2.05) is 0 Å². The maximum Gasteiger partial charge on any atom is 0.307 e. The maximum atomic E-state index is 13.5. The first-order valence-electron chi connectivity index (χ1n) is 5.19. The Morgan fingerprint density at radius 3 is 2.61 bits per heavy atom. The zero-order valence-electron chi connectivity index (χ0n) is 9.38. The molecule has 96 valence electrons. The highest BCUT2D eigenvalue weighted by molar-refractivity contribution is 5.70. The molecule has 0 amide bonds. The number of nitriles is 1. The van der Waals surface area contributed by atoms with Crippen LogP contribution < -0.4 is 0 Å². The number of carbonyl (C=O) groups is 1. The maximum absolute atomic E-state index is 13.5. The predicted molar refractivity (Wildman–Crippen MR) is 58.9 cm³/mol. The molecule has 0 saturated carbocycles. The minimum atomic E-state index is -1.38. The number of aliphatic carboxylic acids is 1. The lowest BCUT2D eigenvalue weighted by Crippen LogP contribution is -2.17. The van der Waals surface area contributed by atoms with E-state index in [9.17, 15) is 19.4 Å². The Labute approximate surface area is 103 Å². The predicted octanol–water partition coefficient (Wildman–Crippen LogP) is 0.761. The molecular formula is C12H12FNO4. The largest absolute Gasteiger partial charge is 0.481 e. The van der Waals surface area contributed by atoms with Crippen LogP contribution in [0.4, 0.5) is 4.39 Å². The number of halogens is 1. The SMILES string of the molecule is N#CCC(O)C(O)c1ccc(CC(=O)O)c(F)c1. The Kier molecular flexibility index (Phi) is 4.77. The number of carboxylic acid groups (broad SMARTS) is 1. The number of rotatable bonds is 5. The zero-order chi connectivity index (χ0) is 13.7. The highest BCUT2D eigenvalue weighted by Crippen LogP contribution is 2.21. The molecule has 0 aliphatic rings. The minimum Gasteiger partial charge on any atom is -0.481 e. The van der Waals surface area contributed by atoms with Crippen molar-refractivity contribution in [3.63, 3.8) is 0 Å². The number of hydrogen-bond acceptors (Lipinski definition) is 4. The number of benzene rings is 1. The van der Waals surface area contributed by atoms with Crippen molar-refractivity contribution < 1.29 is 24.5 Å². The molecule has 0 aromatic heterocycles. The molecule has 2 unspecified atom stereocenters. The van der Waals surface area contributed by atoms with Gasteiger partial charge < -0.3 is 15.3 Å². The molecule has 0 aliphatic heterocycles. The van der Waals surface area contributed by atoms with Gasteiger partial charge in [-0.05, 0) is 17.2 Å². The van der Waals surface area contributed by atoms with E-state index in [-0.39, 0.29) is 17.5 Å². The molecule has 0 radical (unpaired) electrons. The molecule has 1 aromatic rings. The van der Waals surface area contributed by atoms with Crippen LogP contribution in [-0.4, -0.2) is 27.4 Å². The summed E-state index contributed by atoms with van der Waals surface area (Å²) in [7, 11) is 0. The third-order valence-electron chi connectivity index (χ3n) is 2.43. The van der Waals surface area contributed by atoms with Crippen molar-refractivity contribution in [3.8, 4) is 6.07 Å². The van der Waals surface area contributed by atoms with Crippen LogP contribution in [0.3, 0.4) is 0 Å². The average molecular weight is 253 g/mol. The van der Waals surface area contributed by atoms with Gasteiger partial charge in [-0.3, -0.25) is 4.79 Å². The summed E-state index contributed by atoms with van der Waals surface area (Å²) in [6.07, 6.45) is -3.42. The Bertz CT molecular complexity index is 483. The summed E-state index contributed by atoms with van der Waals surface area (Å²) in [5.41, 5.74) is 0.0950. The lowest BCUT2D eigenvalue weighted by atomic mass is 10.00. The number of aliphatic hydroxyl groups excluding tert-OH is 2. The smallest absolute Gasteiger partial charge is 0.307 e. The molecule has 2 atom stereocenters. The monoisotopic (exact) mass is 253 g/mol. The van der Waals surface area contributed by atoms with E-state index in [2.05, 4.69) is 0 Å². The van der Waals surface area contributed by atoms with E-state index < -0.39 is 30.4 Å². The van der Waals surface area contributed by atoms with Gasteiger partial charge in [0.2, 0.25) is 0 Å². The number of hydrogen-bond donors (Lipinski definition) is 3. The number of nitrogens with zero attached hydrogens (tertiary/aromatic N) is 1. The first-order chi connectivity index (χ1) is 8.45.